The van der Waals surface area contributed by atoms with Crippen LogP contribution in [0.1, 0.15) is 13.3 Å². The van der Waals surface area contributed by atoms with Crippen LogP contribution in [-0.2, 0) is 11.3 Å². The van der Waals surface area contributed by atoms with Crippen molar-refractivity contribution in [3.8, 4) is 17.1 Å². The number of halogens is 2. The van der Waals surface area contributed by atoms with Gasteiger partial charge in [-0.3, -0.25) is 4.79 Å². The van der Waals surface area contributed by atoms with Crippen molar-refractivity contribution in [2.24, 2.45) is 5.92 Å². The quantitative estimate of drug-likeness (QED) is 0.744. The van der Waals surface area contributed by atoms with E-state index in [4.69, 9.17) is 4.74 Å². The van der Waals surface area contributed by atoms with Crippen LogP contribution in [0.2, 0.25) is 0 Å². The maximum atomic E-state index is 13.8. The van der Waals surface area contributed by atoms with Crippen molar-refractivity contribution in [1.29, 1.82) is 0 Å². The van der Waals surface area contributed by atoms with Gasteiger partial charge in [-0.1, -0.05) is 0 Å². The number of aromatic nitrogens is 3. The first-order valence-electron chi connectivity index (χ1n) is 8.66. The van der Waals surface area contributed by atoms with Crippen molar-refractivity contribution >= 4 is 22.6 Å². The number of nitrogens with zero attached hydrogens (tertiary/aromatic N) is 3. The van der Waals surface area contributed by atoms with Crippen LogP contribution in [0.25, 0.3) is 22.2 Å². The molecule has 3 heterocycles. The summed E-state index contributed by atoms with van der Waals surface area (Å²) in [6.45, 7) is 2.59. The van der Waals surface area contributed by atoms with Gasteiger partial charge >= 0.3 is 0 Å². The third-order valence-electron chi connectivity index (χ3n) is 4.69. The third-order valence-corrected chi connectivity index (χ3v) is 4.69. The lowest BCUT2D eigenvalue weighted by Crippen LogP contribution is -2.15. The SMILES string of the molecule is CCn1c(-c2cc(F)cnc2OC)cc2cc(NC(=O)[C@@H]3C[C@@H]3F)ncc21. The summed E-state index contributed by atoms with van der Waals surface area (Å²) < 4.78 is 34.0. The zero-order chi connectivity index (χ0) is 19.1. The smallest absolute Gasteiger partial charge is 0.231 e. The molecule has 0 unspecified atom stereocenters. The number of alkyl halides is 1. The predicted octanol–water partition coefficient (Wildman–Crippen LogP) is 3.56. The Hall–Kier alpha value is -3.03. The van der Waals surface area contributed by atoms with E-state index in [0.717, 1.165) is 22.8 Å². The van der Waals surface area contributed by atoms with Gasteiger partial charge in [0.05, 0.1) is 42.2 Å². The predicted molar refractivity (Wildman–Crippen MR) is 96.8 cm³/mol. The molecule has 6 nitrogen and oxygen atoms in total. The molecule has 0 spiro atoms. The summed E-state index contributed by atoms with van der Waals surface area (Å²) in [5.74, 6) is -0.731. The summed E-state index contributed by atoms with van der Waals surface area (Å²) in [7, 11) is 1.48. The van der Waals surface area contributed by atoms with E-state index in [9.17, 15) is 13.6 Å². The molecule has 3 aromatic heterocycles. The van der Waals surface area contributed by atoms with Crippen LogP contribution < -0.4 is 10.1 Å². The minimum Gasteiger partial charge on any atom is -0.481 e. The lowest BCUT2D eigenvalue weighted by molar-refractivity contribution is -0.117. The first kappa shape index (κ1) is 17.4. The van der Waals surface area contributed by atoms with Gasteiger partial charge in [-0.15, -0.1) is 0 Å². The van der Waals surface area contributed by atoms with E-state index in [2.05, 4.69) is 15.3 Å². The topological polar surface area (TPSA) is 69.0 Å². The number of hydrogen-bond donors (Lipinski definition) is 1. The molecule has 0 saturated heterocycles. The fraction of sp³-hybridized carbons (Fsp3) is 0.316. The highest BCUT2D eigenvalue weighted by Crippen LogP contribution is 2.36. The fourth-order valence-electron chi connectivity index (χ4n) is 3.22. The Labute approximate surface area is 154 Å². The molecule has 1 aliphatic carbocycles. The number of carbonyl (C=O) groups is 1. The minimum atomic E-state index is -1.06. The maximum absolute atomic E-state index is 13.8. The number of aryl methyl sites for hydroxylation is 1. The van der Waals surface area contributed by atoms with Crippen molar-refractivity contribution in [2.45, 2.75) is 26.1 Å². The molecule has 0 bridgehead atoms. The molecule has 1 N–H and O–H groups in total. The molecule has 3 aromatic rings. The lowest BCUT2D eigenvalue weighted by atomic mass is 10.2. The molecule has 1 saturated carbocycles. The van der Waals surface area contributed by atoms with Crippen LogP contribution in [0.15, 0.2) is 30.6 Å². The summed E-state index contributed by atoms with van der Waals surface area (Å²) >= 11 is 0. The van der Waals surface area contributed by atoms with Crippen LogP contribution in [0.4, 0.5) is 14.6 Å². The molecular weight excluding hydrogens is 354 g/mol. The summed E-state index contributed by atoms with van der Waals surface area (Å²) in [6.07, 6.45) is 1.94. The molecule has 1 fully saturated rings. The van der Waals surface area contributed by atoms with Crippen molar-refractivity contribution in [3.63, 3.8) is 0 Å². The van der Waals surface area contributed by atoms with Crippen molar-refractivity contribution in [2.75, 3.05) is 12.4 Å². The van der Waals surface area contributed by atoms with Crippen LogP contribution >= 0.6 is 0 Å². The average Bonchev–Trinajstić information content (AvgIpc) is 3.28. The summed E-state index contributed by atoms with van der Waals surface area (Å²) in [6, 6.07) is 4.96. The molecule has 2 atom stereocenters. The second-order valence-corrected chi connectivity index (χ2v) is 6.46. The van der Waals surface area contributed by atoms with Gasteiger partial charge in [-0.25, -0.2) is 18.7 Å². The molecule has 0 aliphatic heterocycles. The van der Waals surface area contributed by atoms with E-state index in [1.165, 1.54) is 13.2 Å². The highest BCUT2D eigenvalue weighted by atomic mass is 19.1. The number of anilines is 1. The average molecular weight is 372 g/mol. The molecule has 1 aliphatic rings. The van der Waals surface area contributed by atoms with Gasteiger partial charge in [0, 0.05) is 11.9 Å². The molecular formula is C19H18F2N4O2. The fourth-order valence-corrected chi connectivity index (χ4v) is 3.22. The van der Waals surface area contributed by atoms with E-state index < -0.39 is 17.9 Å². The van der Waals surface area contributed by atoms with Crippen molar-refractivity contribution < 1.29 is 18.3 Å². The van der Waals surface area contributed by atoms with Gasteiger partial charge in [0.1, 0.15) is 17.8 Å². The number of nitrogens with one attached hydrogen (secondary N) is 1. The highest BCUT2D eigenvalue weighted by Gasteiger charge is 2.43. The second-order valence-electron chi connectivity index (χ2n) is 6.46. The number of amides is 1. The van der Waals surface area contributed by atoms with Gasteiger partial charge in [0.25, 0.3) is 0 Å². The Kier molecular flexibility index (Phi) is 4.25. The number of pyridine rings is 2. The van der Waals surface area contributed by atoms with E-state index in [-0.39, 0.29) is 12.3 Å². The van der Waals surface area contributed by atoms with E-state index >= 15 is 0 Å². The van der Waals surface area contributed by atoms with E-state index in [1.807, 2.05) is 17.6 Å². The van der Waals surface area contributed by atoms with Crippen LogP contribution in [-0.4, -0.2) is 33.7 Å². The molecule has 1 amide bonds. The monoisotopic (exact) mass is 372 g/mol. The number of carbonyl (C=O) groups excluding carboxylic acids is 1. The number of methoxy groups -OCH3 is 1. The van der Waals surface area contributed by atoms with Crippen LogP contribution in [0.5, 0.6) is 5.88 Å². The van der Waals surface area contributed by atoms with E-state index in [0.29, 0.717) is 23.8 Å². The molecule has 0 radical (unpaired) electrons. The number of hydrogen-bond acceptors (Lipinski definition) is 4. The first-order chi connectivity index (χ1) is 13.0. The molecule has 0 aromatic carbocycles. The lowest BCUT2D eigenvalue weighted by Gasteiger charge is -2.11. The third kappa shape index (κ3) is 3.11. The molecule has 4 rings (SSSR count). The van der Waals surface area contributed by atoms with Gasteiger partial charge in [0.2, 0.25) is 11.8 Å². The van der Waals surface area contributed by atoms with Gasteiger partial charge in [-0.2, -0.15) is 0 Å². The van der Waals surface area contributed by atoms with Crippen molar-refractivity contribution in [1.82, 2.24) is 14.5 Å². The molecule has 27 heavy (non-hydrogen) atoms. The van der Waals surface area contributed by atoms with Crippen LogP contribution in [0, 0.1) is 11.7 Å². The van der Waals surface area contributed by atoms with E-state index in [1.54, 1.807) is 12.3 Å². The van der Waals surface area contributed by atoms with Crippen LogP contribution in [0.3, 0.4) is 0 Å². The Morgan fingerprint density at radius 2 is 2.11 bits per heavy atom. The van der Waals surface area contributed by atoms with Gasteiger partial charge in [-0.05, 0) is 31.5 Å². The number of ether oxygens (including phenoxy) is 1. The zero-order valence-electron chi connectivity index (χ0n) is 14.9. The standard InChI is InChI=1S/C19H18F2N4O2/c1-3-25-15(13-6-11(20)8-23-19(13)27-2)4-10-5-17(22-9-16(10)25)24-18(26)12-7-14(12)21/h4-6,8-9,12,14H,3,7H2,1-2H3,(H,22,24,26)/t12-,14+/m1/s1. The zero-order valence-corrected chi connectivity index (χ0v) is 14.9. The second kappa shape index (κ2) is 6.61. The summed E-state index contributed by atoms with van der Waals surface area (Å²) in [5.41, 5.74) is 2.08. The largest absolute Gasteiger partial charge is 0.481 e. The summed E-state index contributed by atoms with van der Waals surface area (Å²) in [5, 5.41) is 3.46. The maximum Gasteiger partial charge on any atom is 0.231 e. The Morgan fingerprint density at radius 3 is 2.78 bits per heavy atom. The van der Waals surface area contributed by atoms with Gasteiger partial charge < -0.3 is 14.6 Å². The minimum absolute atomic E-state index is 0.261. The first-order valence-corrected chi connectivity index (χ1v) is 8.66. The van der Waals surface area contributed by atoms with Gasteiger partial charge in [0.15, 0.2) is 0 Å². The Bertz CT molecular complexity index is 1030. The Morgan fingerprint density at radius 1 is 1.33 bits per heavy atom. The van der Waals surface area contributed by atoms with Crippen molar-refractivity contribution in [3.05, 3.63) is 36.4 Å². The number of fused-ring (bicyclic) bond motifs is 1. The highest BCUT2D eigenvalue weighted by molar-refractivity contribution is 5.96. The summed E-state index contributed by atoms with van der Waals surface area (Å²) in [4.78, 5) is 20.2. The molecule has 140 valence electrons. The normalized spacial score (nSPS) is 18.5. The Balaban J connectivity index is 1.76. The molecule has 8 heteroatoms. The number of rotatable bonds is 5.